The van der Waals surface area contributed by atoms with Gasteiger partial charge in [-0.1, -0.05) is 32.0 Å². The molecule has 1 aliphatic heterocycles. The van der Waals surface area contributed by atoms with Gasteiger partial charge < -0.3 is 10.1 Å². The number of carbonyl (C=O) groups is 2. The Morgan fingerprint density at radius 2 is 1.85 bits per heavy atom. The summed E-state index contributed by atoms with van der Waals surface area (Å²) in [6.45, 7) is 10.0. The molecule has 5 heteroatoms. The fourth-order valence-corrected chi connectivity index (χ4v) is 3.45. The number of esters is 1. The van der Waals surface area contributed by atoms with Crippen molar-refractivity contribution in [3.63, 3.8) is 0 Å². The minimum Gasteiger partial charge on any atom is -0.466 e. The minimum atomic E-state index is -0.219. The van der Waals surface area contributed by atoms with Crippen molar-refractivity contribution >= 4 is 17.6 Å². The zero-order valence-electron chi connectivity index (χ0n) is 16.5. The van der Waals surface area contributed by atoms with E-state index in [1.807, 2.05) is 32.0 Å². The average Bonchev–Trinajstić information content (AvgIpc) is 2.67. The maximum absolute atomic E-state index is 12.7. The Morgan fingerprint density at radius 3 is 2.46 bits per heavy atom. The normalized spacial score (nSPS) is 18.2. The van der Waals surface area contributed by atoms with Crippen molar-refractivity contribution in [3.8, 4) is 0 Å². The first-order valence-electron chi connectivity index (χ1n) is 9.78. The third-order valence-corrected chi connectivity index (χ3v) is 5.44. The fourth-order valence-electron chi connectivity index (χ4n) is 3.45. The predicted molar refractivity (Wildman–Crippen MR) is 104 cm³/mol. The molecule has 0 aromatic heterocycles. The molecule has 1 fully saturated rings. The van der Waals surface area contributed by atoms with Crippen molar-refractivity contribution in [1.29, 1.82) is 0 Å². The lowest BCUT2D eigenvalue weighted by atomic mass is 9.95. The summed E-state index contributed by atoms with van der Waals surface area (Å²) in [5.41, 5.74) is 2.08. The fraction of sp³-hybridized carbons (Fsp3) is 0.619. The lowest BCUT2D eigenvalue weighted by Gasteiger charge is -2.34. The van der Waals surface area contributed by atoms with Crippen LogP contribution in [0.4, 0.5) is 5.69 Å². The molecule has 0 spiro atoms. The molecular formula is C21H32N2O3. The molecule has 1 aromatic carbocycles. The molecule has 2 rings (SSSR count). The molecule has 1 amide bonds. The molecule has 5 nitrogen and oxygen atoms in total. The van der Waals surface area contributed by atoms with E-state index in [2.05, 4.69) is 30.1 Å². The zero-order chi connectivity index (χ0) is 19.1. The van der Waals surface area contributed by atoms with Crippen molar-refractivity contribution in [1.82, 2.24) is 4.90 Å². The highest BCUT2D eigenvalue weighted by molar-refractivity contribution is 5.95. The number of benzene rings is 1. The second-order valence-electron chi connectivity index (χ2n) is 7.12. The number of amides is 1. The molecule has 1 saturated heterocycles. The summed E-state index contributed by atoms with van der Waals surface area (Å²) in [5, 5.41) is 3.10. The Kier molecular flexibility index (Phi) is 7.64. The van der Waals surface area contributed by atoms with Gasteiger partial charge in [-0.15, -0.1) is 0 Å². The maximum atomic E-state index is 12.7. The van der Waals surface area contributed by atoms with Crippen molar-refractivity contribution in [2.45, 2.75) is 58.9 Å². The Bertz CT molecular complexity index is 609. The minimum absolute atomic E-state index is 0.00957. The summed E-state index contributed by atoms with van der Waals surface area (Å²) in [7, 11) is 0. The molecule has 1 aromatic rings. The Hall–Kier alpha value is -1.88. The number of rotatable bonds is 7. The summed E-state index contributed by atoms with van der Waals surface area (Å²) < 4.78 is 5.11. The summed E-state index contributed by atoms with van der Waals surface area (Å²) in [6.07, 6.45) is 2.53. The van der Waals surface area contributed by atoms with Crippen LogP contribution in [0.2, 0.25) is 0 Å². The van der Waals surface area contributed by atoms with Gasteiger partial charge in [0.25, 0.3) is 0 Å². The lowest BCUT2D eigenvalue weighted by molar-refractivity contribution is -0.149. The van der Waals surface area contributed by atoms with E-state index in [1.54, 1.807) is 0 Å². The average molecular weight is 360 g/mol. The zero-order valence-corrected chi connectivity index (χ0v) is 16.5. The maximum Gasteiger partial charge on any atom is 0.309 e. The van der Waals surface area contributed by atoms with Gasteiger partial charge in [0.2, 0.25) is 5.91 Å². The van der Waals surface area contributed by atoms with Gasteiger partial charge in [-0.3, -0.25) is 14.5 Å². The van der Waals surface area contributed by atoms with E-state index in [-0.39, 0.29) is 23.8 Å². The number of carbonyl (C=O) groups excluding carboxylic acids is 2. The third-order valence-electron chi connectivity index (χ3n) is 5.44. The van der Waals surface area contributed by atoms with E-state index in [1.165, 1.54) is 5.56 Å². The first kappa shape index (κ1) is 20.4. The van der Waals surface area contributed by atoms with E-state index in [0.29, 0.717) is 12.5 Å². The highest BCUT2D eigenvalue weighted by Crippen LogP contribution is 2.27. The van der Waals surface area contributed by atoms with Gasteiger partial charge in [0.05, 0.1) is 18.6 Å². The van der Waals surface area contributed by atoms with Gasteiger partial charge >= 0.3 is 5.97 Å². The molecule has 26 heavy (non-hydrogen) atoms. The summed E-state index contributed by atoms with van der Waals surface area (Å²) in [5.74, 6) is 0.275. The van der Waals surface area contributed by atoms with E-state index in [0.717, 1.165) is 38.0 Å². The number of ether oxygens (including phenoxy) is 1. The van der Waals surface area contributed by atoms with Gasteiger partial charge in [0.1, 0.15) is 0 Å². The number of hydrogen-bond acceptors (Lipinski definition) is 4. The summed E-state index contributed by atoms with van der Waals surface area (Å²) >= 11 is 0. The molecule has 144 valence electrons. The van der Waals surface area contributed by atoms with Gasteiger partial charge in [-0.25, -0.2) is 0 Å². The second kappa shape index (κ2) is 9.72. The molecular weight excluding hydrogens is 328 g/mol. The SMILES string of the molecule is CCOC(=O)C1CCN([C@H](C)C(=O)Nc2ccccc2[C@H](C)CC)CC1. The van der Waals surface area contributed by atoms with Crippen LogP contribution in [0.15, 0.2) is 24.3 Å². The first-order valence-corrected chi connectivity index (χ1v) is 9.78. The van der Waals surface area contributed by atoms with Crippen molar-refractivity contribution < 1.29 is 14.3 Å². The predicted octanol–water partition coefficient (Wildman–Crippen LogP) is 3.80. The molecule has 0 saturated carbocycles. The van der Waals surface area contributed by atoms with Crippen LogP contribution in [0.5, 0.6) is 0 Å². The molecule has 0 bridgehead atoms. The number of anilines is 1. The third kappa shape index (κ3) is 5.07. The first-order chi connectivity index (χ1) is 12.5. The highest BCUT2D eigenvalue weighted by Gasteiger charge is 2.30. The number of para-hydroxylation sites is 1. The van der Waals surface area contributed by atoms with Crippen LogP contribution < -0.4 is 5.32 Å². The number of nitrogens with one attached hydrogen (secondary N) is 1. The molecule has 2 atom stereocenters. The summed E-state index contributed by atoms with van der Waals surface area (Å²) in [4.78, 5) is 26.8. The number of piperidine rings is 1. The number of hydrogen-bond donors (Lipinski definition) is 1. The second-order valence-corrected chi connectivity index (χ2v) is 7.12. The summed E-state index contributed by atoms with van der Waals surface area (Å²) in [6, 6.07) is 7.80. The quantitative estimate of drug-likeness (QED) is 0.752. The van der Waals surface area contributed by atoms with Crippen LogP contribution in [0.3, 0.4) is 0 Å². The molecule has 0 unspecified atom stereocenters. The Balaban J connectivity index is 1.94. The molecule has 1 aliphatic rings. The van der Waals surface area contributed by atoms with Gasteiger partial charge in [0.15, 0.2) is 0 Å². The van der Waals surface area contributed by atoms with Crippen molar-refractivity contribution in [2.75, 3.05) is 25.0 Å². The van der Waals surface area contributed by atoms with Crippen LogP contribution in [-0.2, 0) is 14.3 Å². The highest BCUT2D eigenvalue weighted by atomic mass is 16.5. The Labute approximate surface area is 157 Å². The van der Waals surface area contributed by atoms with Gasteiger partial charge in [0, 0.05) is 5.69 Å². The number of likely N-dealkylation sites (tertiary alicyclic amines) is 1. The van der Waals surface area contributed by atoms with Crippen LogP contribution >= 0.6 is 0 Å². The standard InChI is InChI=1S/C21H32N2O3/c1-5-15(3)18-9-7-8-10-19(18)22-20(24)16(4)23-13-11-17(12-14-23)21(25)26-6-2/h7-10,15-17H,5-6,11-14H2,1-4H3,(H,22,24)/t15-,16-/m1/s1. The van der Waals surface area contributed by atoms with E-state index < -0.39 is 0 Å². The van der Waals surface area contributed by atoms with Crippen molar-refractivity contribution in [2.24, 2.45) is 5.92 Å². The van der Waals surface area contributed by atoms with Crippen molar-refractivity contribution in [3.05, 3.63) is 29.8 Å². The van der Waals surface area contributed by atoms with E-state index >= 15 is 0 Å². The lowest BCUT2D eigenvalue weighted by Crippen LogP contribution is -2.47. The topological polar surface area (TPSA) is 58.6 Å². The number of nitrogens with zero attached hydrogens (tertiary/aromatic N) is 1. The van der Waals surface area contributed by atoms with E-state index in [9.17, 15) is 9.59 Å². The largest absolute Gasteiger partial charge is 0.466 e. The van der Waals surface area contributed by atoms with Gasteiger partial charge in [-0.05, 0) is 63.7 Å². The molecule has 0 radical (unpaired) electrons. The smallest absolute Gasteiger partial charge is 0.309 e. The molecule has 1 heterocycles. The van der Waals surface area contributed by atoms with Crippen LogP contribution in [0.25, 0.3) is 0 Å². The van der Waals surface area contributed by atoms with E-state index in [4.69, 9.17) is 4.74 Å². The van der Waals surface area contributed by atoms with Crippen LogP contribution in [0, 0.1) is 5.92 Å². The molecule has 1 N–H and O–H groups in total. The van der Waals surface area contributed by atoms with Crippen LogP contribution in [0.1, 0.15) is 58.4 Å². The monoisotopic (exact) mass is 360 g/mol. The molecule has 0 aliphatic carbocycles. The Morgan fingerprint density at radius 1 is 1.19 bits per heavy atom. The van der Waals surface area contributed by atoms with Gasteiger partial charge in [-0.2, -0.15) is 0 Å². The van der Waals surface area contributed by atoms with Crippen LogP contribution in [-0.4, -0.2) is 42.5 Å².